The number of carbonyl (C=O) groups excluding carboxylic acids is 1. The van der Waals surface area contributed by atoms with Gasteiger partial charge in [0.25, 0.3) is 5.91 Å². The Hall–Kier alpha value is -1.70. The normalized spacial score (nSPS) is 22.9. The first-order valence-electron chi connectivity index (χ1n) is 6.16. The van der Waals surface area contributed by atoms with Crippen LogP contribution in [-0.4, -0.2) is 41.4 Å². The van der Waals surface area contributed by atoms with Gasteiger partial charge < -0.3 is 25.2 Å². The van der Waals surface area contributed by atoms with Crippen LogP contribution in [0.4, 0.5) is 0 Å². The van der Waals surface area contributed by atoms with E-state index in [1.165, 1.54) is 4.90 Å². The lowest BCUT2D eigenvalue weighted by atomic mass is 10.2. The molecule has 0 bridgehead atoms. The van der Waals surface area contributed by atoms with Crippen LogP contribution in [-0.2, 0) is 4.79 Å². The molecule has 1 amide bonds. The van der Waals surface area contributed by atoms with Crippen LogP contribution in [0.25, 0.3) is 6.08 Å². The lowest BCUT2D eigenvalue weighted by Gasteiger charge is -2.16. The summed E-state index contributed by atoms with van der Waals surface area (Å²) in [5.74, 6) is 1.15. The number of benzene rings is 1. The molecule has 0 aromatic heterocycles. The van der Waals surface area contributed by atoms with Crippen LogP contribution in [0.2, 0.25) is 0 Å². The number of nitrogens with zero attached hydrogens (tertiary/aromatic N) is 1. The number of rotatable bonds is 3. The summed E-state index contributed by atoms with van der Waals surface area (Å²) in [5.41, 5.74) is 5.38. The lowest BCUT2D eigenvalue weighted by molar-refractivity contribution is -0.129. The van der Waals surface area contributed by atoms with Crippen LogP contribution < -0.4 is 15.2 Å². The molecule has 1 atom stereocenters. The average Bonchev–Trinajstić information content (AvgIpc) is 2.99. The van der Waals surface area contributed by atoms with Gasteiger partial charge in [-0.15, -0.1) is 0 Å². The molecule has 1 aromatic rings. The van der Waals surface area contributed by atoms with E-state index < -0.39 is 5.56 Å². The first-order chi connectivity index (χ1) is 9.69. The van der Waals surface area contributed by atoms with Crippen LogP contribution in [0.15, 0.2) is 23.1 Å². The molecule has 0 radical (unpaired) electrons. The predicted octanol–water partition coefficient (Wildman–Crippen LogP) is 0.566. The summed E-state index contributed by atoms with van der Waals surface area (Å²) in [7, 11) is 0. The van der Waals surface area contributed by atoms with Gasteiger partial charge in [0, 0.05) is 13.1 Å². The van der Waals surface area contributed by atoms with Crippen LogP contribution in [0.3, 0.4) is 0 Å². The van der Waals surface area contributed by atoms with Crippen LogP contribution >= 0.6 is 11.8 Å². The molecule has 1 fully saturated rings. The number of hydrogen-bond acceptors (Lipinski definition) is 6. The molecule has 3 rings (SSSR count). The van der Waals surface area contributed by atoms with Gasteiger partial charge >= 0.3 is 0 Å². The number of fused-ring (bicyclic) bond motifs is 1. The van der Waals surface area contributed by atoms with E-state index in [0.29, 0.717) is 29.5 Å². The average molecular weight is 294 g/mol. The summed E-state index contributed by atoms with van der Waals surface area (Å²) in [6.45, 7) is 0.873. The van der Waals surface area contributed by atoms with Crippen LogP contribution in [0, 0.1) is 0 Å². The van der Waals surface area contributed by atoms with Crippen molar-refractivity contribution in [1.82, 2.24) is 4.90 Å². The van der Waals surface area contributed by atoms with Gasteiger partial charge in [0.2, 0.25) is 6.79 Å². The number of amides is 1. The molecular weight excluding hydrogens is 280 g/mol. The van der Waals surface area contributed by atoms with Gasteiger partial charge in [-0.25, -0.2) is 0 Å². The third kappa shape index (κ3) is 2.35. The highest BCUT2D eigenvalue weighted by atomic mass is 32.2. The summed E-state index contributed by atoms with van der Waals surface area (Å²) in [4.78, 5) is 14.0. The van der Waals surface area contributed by atoms with E-state index in [9.17, 15) is 9.90 Å². The van der Waals surface area contributed by atoms with Gasteiger partial charge in [-0.2, -0.15) is 0 Å². The second kappa shape index (κ2) is 5.35. The number of carbonyl (C=O) groups is 1. The Labute approximate surface area is 120 Å². The first kappa shape index (κ1) is 13.3. The van der Waals surface area contributed by atoms with Gasteiger partial charge in [-0.05, 0) is 23.8 Å². The van der Waals surface area contributed by atoms with Gasteiger partial charge in [0.05, 0.1) is 4.91 Å². The fourth-order valence-electron chi connectivity index (χ4n) is 2.07. The fourth-order valence-corrected chi connectivity index (χ4v) is 3.05. The summed E-state index contributed by atoms with van der Waals surface area (Å²) >= 11 is 1.12. The van der Waals surface area contributed by atoms with E-state index in [2.05, 4.69) is 0 Å². The van der Waals surface area contributed by atoms with Gasteiger partial charge in [-0.3, -0.25) is 4.79 Å². The molecule has 3 N–H and O–H groups in total. The van der Waals surface area contributed by atoms with Gasteiger partial charge in [0.1, 0.15) is 0 Å². The molecule has 1 unspecified atom stereocenters. The first-order valence-corrected chi connectivity index (χ1v) is 7.04. The van der Waals surface area contributed by atoms with Crippen LogP contribution in [0.1, 0.15) is 5.56 Å². The number of hydrogen-bond donors (Lipinski definition) is 2. The van der Waals surface area contributed by atoms with Gasteiger partial charge in [0.15, 0.2) is 17.1 Å². The monoisotopic (exact) mass is 294 g/mol. The Morgan fingerprint density at radius 3 is 3.05 bits per heavy atom. The van der Waals surface area contributed by atoms with Crippen molar-refractivity contribution in [2.45, 2.75) is 5.56 Å². The minimum Gasteiger partial charge on any atom is -0.454 e. The zero-order valence-corrected chi connectivity index (χ0v) is 11.4. The van der Waals surface area contributed by atoms with E-state index >= 15 is 0 Å². The van der Waals surface area contributed by atoms with E-state index in [1.807, 2.05) is 6.07 Å². The highest BCUT2D eigenvalue weighted by Gasteiger charge is 2.34. The highest BCUT2D eigenvalue weighted by molar-refractivity contribution is 8.05. The third-order valence-corrected chi connectivity index (χ3v) is 4.05. The molecule has 1 aromatic carbocycles. The molecule has 0 saturated carbocycles. The smallest absolute Gasteiger partial charge is 0.263 e. The fraction of sp³-hybridized carbons (Fsp3) is 0.308. The summed E-state index contributed by atoms with van der Waals surface area (Å²) in [6, 6.07) is 5.44. The maximum absolute atomic E-state index is 12.1. The van der Waals surface area contributed by atoms with Crippen LogP contribution in [0.5, 0.6) is 11.5 Å². The maximum atomic E-state index is 12.1. The molecule has 6 nitrogen and oxygen atoms in total. The standard InChI is InChI=1S/C13H14N2O4S/c14-3-4-15-12(16)11(20-13(15)17)6-8-1-2-9-10(5-8)19-7-18-9/h1-2,5-6,13,17H,3-4,7,14H2/b11-6-. The Kier molecular flexibility index (Phi) is 3.56. The Balaban J connectivity index is 1.84. The zero-order valence-electron chi connectivity index (χ0n) is 10.6. The second-order valence-electron chi connectivity index (χ2n) is 4.35. The summed E-state index contributed by atoms with van der Waals surface area (Å²) in [6.07, 6.45) is 1.73. The Bertz CT molecular complexity index is 575. The third-order valence-electron chi connectivity index (χ3n) is 3.04. The molecule has 0 aliphatic carbocycles. The van der Waals surface area contributed by atoms with E-state index in [1.54, 1.807) is 18.2 Å². The van der Waals surface area contributed by atoms with Crippen molar-refractivity contribution in [2.75, 3.05) is 19.9 Å². The molecule has 0 spiro atoms. The molecule has 7 heteroatoms. The van der Waals surface area contributed by atoms with E-state index in [-0.39, 0.29) is 12.7 Å². The Morgan fingerprint density at radius 1 is 1.45 bits per heavy atom. The van der Waals surface area contributed by atoms with Crippen molar-refractivity contribution in [3.63, 3.8) is 0 Å². The van der Waals surface area contributed by atoms with Crippen molar-refractivity contribution in [2.24, 2.45) is 5.73 Å². The Morgan fingerprint density at radius 2 is 2.25 bits per heavy atom. The summed E-state index contributed by atoms with van der Waals surface area (Å²) < 4.78 is 10.5. The maximum Gasteiger partial charge on any atom is 0.263 e. The number of aliphatic hydroxyl groups excluding tert-OH is 1. The summed E-state index contributed by atoms with van der Waals surface area (Å²) in [5, 5.41) is 9.82. The number of thioether (sulfide) groups is 1. The molecular formula is C13H14N2O4S. The molecule has 20 heavy (non-hydrogen) atoms. The molecule has 106 valence electrons. The molecule has 2 aliphatic heterocycles. The molecule has 1 saturated heterocycles. The topological polar surface area (TPSA) is 85.0 Å². The minimum absolute atomic E-state index is 0.203. The van der Waals surface area contributed by atoms with Crippen molar-refractivity contribution >= 4 is 23.7 Å². The predicted molar refractivity (Wildman–Crippen MR) is 74.9 cm³/mol. The highest BCUT2D eigenvalue weighted by Crippen LogP contribution is 2.37. The van der Waals surface area contributed by atoms with Crippen molar-refractivity contribution in [1.29, 1.82) is 0 Å². The zero-order chi connectivity index (χ0) is 14.1. The number of nitrogens with two attached hydrogens (primary N) is 1. The van der Waals surface area contributed by atoms with E-state index in [4.69, 9.17) is 15.2 Å². The molecule has 2 aliphatic rings. The van der Waals surface area contributed by atoms with Crippen molar-refractivity contribution in [3.05, 3.63) is 28.7 Å². The van der Waals surface area contributed by atoms with Crippen molar-refractivity contribution in [3.8, 4) is 11.5 Å². The molecule has 2 heterocycles. The quantitative estimate of drug-likeness (QED) is 0.793. The largest absolute Gasteiger partial charge is 0.454 e. The lowest BCUT2D eigenvalue weighted by Crippen LogP contribution is -2.36. The minimum atomic E-state index is -0.869. The van der Waals surface area contributed by atoms with E-state index in [0.717, 1.165) is 17.3 Å². The number of aliphatic hydroxyl groups is 1. The number of ether oxygens (including phenoxy) is 2. The van der Waals surface area contributed by atoms with Gasteiger partial charge in [-0.1, -0.05) is 17.8 Å². The van der Waals surface area contributed by atoms with Crippen molar-refractivity contribution < 1.29 is 19.4 Å². The second-order valence-corrected chi connectivity index (χ2v) is 5.45. The SMILES string of the molecule is NCCN1C(=O)/C(=C/c2ccc3c(c2)OCO3)SC1O.